The third-order valence-electron chi connectivity index (χ3n) is 3.04. The summed E-state index contributed by atoms with van der Waals surface area (Å²) in [5.74, 6) is 1.16. The summed E-state index contributed by atoms with van der Waals surface area (Å²) in [6, 6.07) is 18.9. The lowest BCUT2D eigenvalue weighted by Gasteiger charge is -2.13. The van der Waals surface area contributed by atoms with Crippen LogP contribution in [-0.2, 0) is 0 Å². The van der Waals surface area contributed by atoms with Gasteiger partial charge in [-0.3, -0.25) is 4.99 Å². The van der Waals surface area contributed by atoms with Crippen molar-refractivity contribution in [1.29, 1.82) is 0 Å². The highest BCUT2D eigenvalue weighted by molar-refractivity contribution is 8.14. The maximum atomic E-state index is 4.47. The third kappa shape index (κ3) is 3.18. The van der Waals surface area contributed by atoms with E-state index in [9.17, 15) is 0 Å². The Hall–Kier alpha value is -1.74. The fourth-order valence-electron chi connectivity index (χ4n) is 2.04. The fourth-order valence-corrected chi connectivity index (χ4v) is 2.87. The quantitative estimate of drug-likeness (QED) is 0.880. The monoisotopic (exact) mass is 268 g/mol. The highest BCUT2D eigenvalue weighted by atomic mass is 32.2. The highest BCUT2D eigenvalue weighted by Crippen LogP contribution is 2.22. The van der Waals surface area contributed by atoms with Crippen molar-refractivity contribution >= 4 is 22.6 Å². The van der Waals surface area contributed by atoms with Gasteiger partial charge in [0.2, 0.25) is 0 Å². The number of hydrogen-bond donors (Lipinski definition) is 1. The minimum absolute atomic E-state index is 0.942. The summed E-state index contributed by atoms with van der Waals surface area (Å²) in [5, 5.41) is 4.41. The molecule has 0 bridgehead atoms. The molecule has 2 aromatic carbocycles. The summed E-state index contributed by atoms with van der Waals surface area (Å²) < 4.78 is 0. The van der Waals surface area contributed by atoms with Crippen molar-refractivity contribution in [2.75, 3.05) is 17.6 Å². The molecule has 0 aliphatic carbocycles. The number of thioether (sulfide) groups is 1. The lowest BCUT2D eigenvalue weighted by atomic mass is 10.1. The molecule has 0 fully saturated rings. The molecule has 96 valence electrons. The van der Waals surface area contributed by atoms with E-state index in [1.807, 2.05) is 6.07 Å². The lowest BCUT2D eigenvalue weighted by Crippen LogP contribution is -2.13. The van der Waals surface area contributed by atoms with Gasteiger partial charge < -0.3 is 5.32 Å². The Bertz CT molecular complexity index is 561. The van der Waals surface area contributed by atoms with E-state index in [1.54, 1.807) is 11.8 Å². The predicted molar refractivity (Wildman–Crippen MR) is 84.9 cm³/mol. The van der Waals surface area contributed by atoms with Crippen molar-refractivity contribution in [3.63, 3.8) is 0 Å². The molecule has 1 N–H and O–H groups in total. The number of amidine groups is 1. The first-order valence-corrected chi connectivity index (χ1v) is 7.50. The van der Waals surface area contributed by atoms with Gasteiger partial charge in [-0.1, -0.05) is 54.2 Å². The van der Waals surface area contributed by atoms with Gasteiger partial charge >= 0.3 is 0 Å². The maximum Gasteiger partial charge on any atom is 0.161 e. The number of aliphatic imine (C=N–C) groups is 1. The SMILES string of the molecule is c1ccc(-c2ccc(NC3=NCCCS3)cc2)cc1. The van der Waals surface area contributed by atoms with Crippen molar-refractivity contribution in [2.45, 2.75) is 6.42 Å². The molecule has 19 heavy (non-hydrogen) atoms. The number of anilines is 1. The molecular formula is C16H16N2S. The summed E-state index contributed by atoms with van der Waals surface area (Å²) in [6.07, 6.45) is 1.18. The second-order valence-corrected chi connectivity index (χ2v) is 5.54. The molecule has 1 aliphatic rings. The minimum Gasteiger partial charge on any atom is -0.335 e. The molecule has 0 saturated heterocycles. The molecule has 3 heteroatoms. The number of hydrogen-bond acceptors (Lipinski definition) is 3. The summed E-state index contributed by atoms with van der Waals surface area (Å²) in [5.41, 5.74) is 3.59. The number of rotatable bonds is 2. The van der Waals surface area contributed by atoms with Crippen LogP contribution in [0.4, 0.5) is 5.69 Å². The second kappa shape index (κ2) is 5.93. The zero-order chi connectivity index (χ0) is 12.9. The summed E-state index contributed by atoms with van der Waals surface area (Å²) in [7, 11) is 0. The Balaban J connectivity index is 1.74. The van der Waals surface area contributed by atoms with Gasteiger partial charge in [-0.25, -0.2) is 0 Å². The standard InChI is InChI=1S/C16H16N2S/c1-2-5-13(6-3-1)14-7-9-15(10-8-14)18-16-17-11-4-12-19-16/h1-3,5-10H,4,11-12H2,(H,17,18). The molecule has 0 atom stereocenters. The first kappa shape index (κ1) is 12.3. The molecule has 2 nitrogen and oxygen atoms in total. The Labute approximate surface area is 118 Å². The first-order chi connectivity index (χ1) is 9.42. The van der Waals surface area contributed by atoms with Gasteiger partial charge in [0, 0.05) is 18.0 Å². The van der Waals surface area contributed by atoms with Crippen LogP contribution < -0.4 is 5.32 Å². The van der Waals surface area contributed by atoms with Gasteiger partial charge in [-0.05, 0) is 29.7 Å². The average Bonchev–Trinajstić information content (AvgIpc) is 2.50. The lowest BCUT2D eigenvalue weighted by molar-refractivity contribution is 0.938. The van der Waals surface area contributed by atoms with E-state index in [2.05, 4.69) is 58.8 Å². The van der Waals surface area contributed by atoms with Gasteiger partial charge in [0.15, 0.2) is 5.17 Å². The van der Waals surface area contributed by atoms with Gasteiger partial charge in [-0.2, -0.15) is 0 Å². The summed E-state index contributed by atoms with van der Waals surface area (Å²) in [6.45, 7) is 0.942. The van der Waals surface area contributed by atoms with Crippen LogP contribution in [-0.4, -0.2) is 17.5 Å². The van der Waals surface area contributed by atoms with Crippen molar-refractivity contribution in [3.05, 3.63) is 54.6 Å². The molecule has 0 radical (unpaired) electrons. The van der Waals surface area contributed by atoms with Crippen LogP contribution in [0.5, 0.6) is 0 Å². The Kier molecular flexibility index (Phi) is 3.84. The smallest absolute Gasteiger partial charge is 0.161 e. The van der Waals surface area contributed by atoms with Gasteiger partial charge in [0.1, 0.15) is 0 Å². The van der Waals surface area contributed by atoms with Crippen LogP contribution in [0.1, 0.15) is 6.42 Å². The molecular weight excluding hydrogens is 252 g/mol. The van der Waals surface area contributed by atoms with E-state index in [0.29, 0.717) is 0 Å². The van der Waals surface area contributed by atoms with E-state index in [4.69, 9.17) is 0 Å². The Morgan fingerprint density at radius 2 is 1.63 bits per heavy atom. The predicted octanol–water partition coefficient (Wildman–Crippen LogP) is 4.26. The van der Waals surface area contributed by atoms with E-state index < -0.39 is 0 Å². The average molecular weight is 268 g/mol. The second-order valence-electron chi connectivity index (χ2n) is 4.46. The van der Waals surface area contributed by atoms with E-state index in [-0.39, 0.29) is 0 Å². The molecule has 2 aromatic rings. The Morgan fingerprint density at radius 3 is 2.32 bits per heavy atom. The molecule has 0 spiro atoms. The zero-order valence-electron chi connectivity index (χ0n) is 10.7. The molecule has 0 unspecified atom stereocenters. The molecule has 1 aliphatic heterocycles. The van der Waals surface area contributed by atoms with Crippen LogP contribution in [0.15, 0.2) is 59.6 Å². The van der Waals surface area contributed by atoms with E-state index in [0.717, 1.165) is 23.2 Å². The van der Waals surface area contributed by atoms with Gasteiger partial charge in [-0.15, -0.1) is 0 Å². The highest BCUT2D eigenvalue weighted by Gasteiger charge is 2.05. The molecule has 1 heterocycles. The molecule has 3 rings (SSSR count). The maximum absolute atomic E-state index is 4.47. The van der Waals surface area contributed by atoms with Crippen molar-refractivity contribution in [3.8, 4) is 11.1 Å². The minimum atomic E-state index is 0.942. The van der Waals surface area contributed by atoms with Crippen LogP contribution in [0.3, 0.4) is 0 Å². The fraction of sp³-hybridized carbons (Fsp3) is 0.188. The largest absolute Gasteiger partial charge is 0.335 e. The van der Waals surface area contributed by atoms with Crippen LogP contribution >= 0.6 is 11.8 Å². The number of nitrogens with one attached hydrogen (secondary N) is 1. The third-order valence-corrected chi connectivity index (χ3v) is 4.04. The van der Waals surface area contributed by atoms with Crippen molar-refractivity contribution in [2.24, 2.45) is 4.99 Å². The van der Waals surface area contributed by atoms with Crippen molar-refractivity contribution < 1.29 is 0 Å². The van der Waals surface area contributed by atoms with Gasteiger partial charge in [0.05, 0.1) is 0 Å². The van der Waals surface area contributed by atoms with Gasteiger partial charge in [0.25, 0.3) is 0 Å². The van der Waals surface area contributed by atoms with Crippen LogP contribution in [0.25, 0.3) is 11.1 Å². The van der Waals surface area contributed by atoms with Crippen LogP contribution in [0, 0.1) is 0 Å². The van der Waals surface area contributed by atoms with E-state index in [1.165, 1.54) is 17.5 Å². The Morgan fingerprint density at radius 1 is 0.895 bits per heavy atom. The van der Waals surface area contributed by atoms with Crippen LogP contribution in [0.2, 0.25) is 0 Å². The molecule has 0 aromatic heterocycles. The zero-order valence-corrected chi connectivity index (χ0v) is 11.5. The number of benzene rings is 2. The molecule has 0 saturated carbocycles. The summed E-state index contributed by atoms with van der Waals surface area (Å²) >= 11 is 1.80. The van der Waals surface area contributed by atoms with E-state index >= 15 is 0 Å². The topological polar surface area (TPSA) is 24.4 Å². The summed E-state index contributed by atoms with van der Waals surface area (Å²) in [4.78, 5) is 4.47. The normalized spacial score (nSPS) is 14.8. The molecule has 0 amide bonds. The van der Waals surface area contributed by atoms with Crippen molar-refractivity contribution in [1.82, 2.24) is 0 Å². The first-order valence-electron chi connectivity index (χ1n) is 6.51. The number of nitrogens with zero attached hydrogens (tertiary/aromatic N) is 1.